The zero-order valence-corrected chi connectivity index (χ0v) is 40.7. The largest absolute Gasteiger partial charge is 0.456 e. The van der Waals surface area contributed by atoms with Gasteiger partial charge in [0.25, 0.3) is 5.91 Å². The SMILES string of the molecule is C=C[C@@H]1O[C@@H]2C3=C(C)[C@@H](OC(=O)[C@](C)(O[Si](CC)(CC)CC)[C@@H](NC(=O)c4ccccc4)C(F)(F)F)C[C@@](O)([C@@H](OC(=O)c4ccccc4)[C@H]4[C@@](C)(CC[C@H]5OC[C@]54OC(C)=O)[C@@H]2O1)C3(C)C. The molecule has 3 aliphatic carbocycles. The molecule has 2 bridgehead atoms. The van der Waals surface area contributed by atoms with Crippen molar-refractivity contribution in [2.24, 2.45) is 16.7 Å². The van der Waals surface area contributed by atoms with E-state index in [1.54, 1.807) is 77.9 Å². The summed E-state index contributed by atoms with van der Waals surface area (Å²) < 4.78 is 92.5. The molecule has 0 aromatic heterocycles. The van der Waals surface area contributed by atoms with Crippen molar-refractivity contribution in [2.45, 2.75) is 166 Å². The van der Waals surface area contributed by atoms with Crippen molar-refractivity contribution in [2.75, 3.05) is 6.61 Å². The number of carbonyl (C=O) groups is 4. The molecule has 12 atom stereocenters. The number of esters is 3. The van der Waals surface area contributed by atoms with Gasteiger partial charge in [-0.05, 0) is 86.3 Å². The summed E-state index contributed by atoms with van der Waals surface area (Å²) in [5.41, 5.74) is -8.24. The number of carbonyl (C=O) groups excluding carboxylic acids is 4. The first kappa shape index (κ1) is 50.5. The van der Waals surface area contributed by atoms with E-state index in [1.165, 1.54) is 37.3 Å². The highest BCUT2D eigenvalue weighted by atomic mass is 28.4. The predicted octanol–water partition coefficient (Wildman–Crippen LogP) is 8.17. The summed E-state index contributed by atoms with van der Waals surface area (Å²) in [7, 11) is -3.16. The predicted molar refractivity (Wildman–Crippen MR) is 241 cm³/mol. The number of rotatable bonds is 14. The van der Waals surface area contributed by atoms with E-state index in [9.17, 15) is 19.5 Å². The minimum absolute atomic E-state index is 0.0718. The van der Waals surface area contributed by atoms with Crippen LogP contribution < -0.4 is 5.32 Å². The molecule has 2 saturated carbocycles. The molecular weight excluding hydrogens is 892 g/mol. The Hall–Kier alpha value is -4.39. The lowest BCUT2D eigenvalue weighted by Gasteiger charge is -2.68. The van der Waals surface area contributed by atoms with Gasteiger partial charge in [0, 0.05) is 29.7 Å². The summed E-state index contributed by atoms with van der Waals surface area (Å²) in [6, 6.07) is 13.6. The lowest BCUT2D eigenvalue weighted by molar-refractivity contribution is -0.345. The molecule has 0 spiro atoms. The third kappa shape index (κ3) is 8.38. The van der Waals surface area contributed by atoms with Gasteiger partial charge in [-0.2, -0.15) is 13.2 Å². The molecular formula is C50H64F3NO12Si. The van der Waals surface area contributed by atoms with Gasteiger partial charge >= 0.3 is 24.1 Å². The molecule has 2 aromatic carbocycles. The van der Waals surface area contributed by atoms with Gasteiger partial charge in [0.05, 0.1) is 24.2 Å². The van der Waals surface area contributed by atoms with Crippen molar-refractivity contribution in [1.82, 2.24) is 5.32 Å². The lowest BCUT2D eigenvalue weighted by Crippen LogP contribution is -2.79. The second-order valence-electron chi connectivity index (χ2n) is 19.8. The number of hydrogen-bond acceptors (Lipinski definition) is 12. The number of benzene rings is 2. The fraction of sp³-hybridized carbons (Fsp3) is 0.600. The van der Waals surface area contributed by atoms with Crippen molar-refractivity contribution in [3.8, 4) is 0 Å². The lowest BCUT2D eigenvalue weighted by atomic mass is 9.45. The van der Waals surface area contributed by atoms with Crippen LogP contribution in [-0.2, 0) is 42.4 Å². The van der Waals surface area contributed by atoms with E-state index < -0.39 is 121 Å². The number of hydrogen-bond donors (Lipinski definition) is 2. The van der Waals surface area contributed by atoms with E-state index in [4.69, 9.17) is 32.8 Å². The standard InChI is InChI=1S/C50H64F3NO12Si/c1-11-35-62-37-36-29(5)33(61-44(58)47(10,66-67(12-2,13-3)14-4)43(50(51,52)53)54-41(56)31-21-17-15-18-22-31)27-49(59,45(36,7)8)40(64-42(57)32-23-19-16-20-24-32)38-46(9,39(37)63-35)26-25-34-48(38,28-60-34)65-30(6)55/h11,15-24,33-35,37-40,43,59H,1,12-14,25-28H2,2-10H3,(H,54,56)/t33-,34+,35+,37+,38-,39+,40-,43+,46+,47+,48-,49+/m0/s1. The van der Waals surface area contributed by atoms with Gasteiger partial charge in [-0.15, -0.1) is 0 Å². The number of alkyl halides is 3. The molecule has 67 heavy (non-hydrogen) atoms. The maximum Gasteiger partial charge on any atom is 0.412 e. The fourth-order valence-corrected chi connectivity index (χ4v) is 15.0. The Bertz CT molecular complexity index is 2250. The van der Waals surface area contributed by atoms with Crippen LogP contribution in [0.1, 0.15) is 102 Å². The molecule has 4 fully saturated rings. The zero-order chi connectivity index (χ0) is 49.1. The minimum Gasteiger partial charge on any atom is -0.456 e. The molecule has 366 valence electrons. The normalized spacial score (nSPS) is 33.4. The minimum atomic E-state index is -5.24. The summed E-state index contributed by atoms with van der Waals surface area (Å²) in [5.74, 6) is -5.04. The third-order valence-electron chi connectivity index (χ3n) is 15.9. The van der Waals surface area contributed by atoms with E-state index in [1.807, 2.05) is 6.92 Å². The molecule has 2 N–H and O–H groups in total. The first-order chi connectivity index (χ1) is 31.4. The third-order valence-corrected chi connectivity index (χ3v) is 20.6. The molecule has 17 heteroatoms. The molecule has 2 aliphatic heterocycles. The van der Waals surface area contributed by atoms with Crippen LogP contribution in [0.2, 0.25) is 18.1 Å². The summed E-state index contributed by atoms with van der Waals surface area (Å²) in [6.07, 6.45) is -10.1. The van der Waals surface area contributed by atoms with Crippen molar-refractivity contribution in [3.63, 3.8) is 0 Å². The van der Waals surface area contributed by atoms with Crippen LogP contribution >= 0.6 is 0 Å². The molecule has 0 unspecified atom stereocenters. The summed E-state index contributed by atoms with van der Waals surface area (Å²) in [4.78, 5) is 56.6. The van der Waals surface area contributed by atoms with Gasteiger partial charge in [-0.25, -0.2) is 9.59 Å². The van der Waals surface area contributed by atoms with Crippen molar-refractivity contribution >= 4 is 32.1 Å². The highest BCUT2D eigenvalue weighted by Crippen LogP contribution is 2.67. The van der Waals surface area contributed by atoms with Crippen LogP contribution in [0.15, 0.2) is 84.5 Å². The number of halogens is 3. The topological polar surface area (TPSA) is 165 Å². The first-order valence-corrected chi connectivity index (χ1v) is 25.7. The van der Waals surface area contributed by atoms with Gasteiger partial charge in [0.15, 0.2) is 31.9 Å². The van der Waals surface area contributed by atoms with Crippen molar-refractivity contribution in [1.29, 1.82) is 0 Å². The van der Waals surface area contributed by atoms with Crippen LogP contribution in [0.25, 0.3) is 0 Å². The summed E-state index contributed by atoms with van der Waals surface area (Å²) in [6.45, 7) is 18.5. The Kier molecular flexibility index (Phi) is 13.7. The number of aliphatic hydroxyl groups is 1. The van der Waals surface area contributed by atoms with E-state index in [-0.39, 0.29) is 17.7 Å². The molecule has 0 radical (unpaired) electrons. The van der Waals surface area contributed by atoms with E-state index in [0.717, 1.165) is 6.92 Å². The zero-order valence-electron chi connectivity index (χ0n) is 39.7. The highest BCUT2D eigenvalue weighted by Gasteiger charge is 2.77. The molecule has 7 rings (SSSR count). The quantitative estimate of drug-likeness (QED) is 0.0809. The first-order valence-electron chi connectivity index (χ1n) is 23.2. The summed E-state index contributed by atoms with van der Waals surface area (Å²) >= 11 is 0. The Morgan fingerprint density at radius 1 is 0.955 bits per heavy atom. The number of nitrogens with one attached hydrogen (secondary N) is 1. The van der Waals surface area contributed by atoms with Crippen molar-refractivity contribution < 1.29 is 70.3 Å². The second kappa shape index (κ2) is 18.2. The second-order valence-corrected chi connectivity index (χ2v) is 24.5. The number of ether oxygens (including phenoxy) is 6. The van der Waals surface area contributed by atoms with Gasteiger partial charge < -0.3 is 43.3 Å². The monoisotopic (exact) mass is 955 g/mol. The average Bonchev–Trinajstić information content (AvgIpc) is 3.72. The molecule has 2 heterocycles. The fourth-order valence-electron chi connectivity index (χ4n) is 12.0. The number of fused-ring (bicyclic) bond motifs is 8. The smallest absolute Gasteiger partial charge is 0.412 e. The molecule has 13 nitrogen and oxygen atoms in total. The molecule has 5 aliphatic rings. The molecule has 2 aromatic rings. The Balaban J connectivity index is 1.43. The van der Waals surface area contributed by atoms with Crippen LogP contribution in [0.3, 0.4) is 0 Å². The Morgan fingerprint density at radius 2 is 1.55 bits per heavy atom. The van der Waals surface area contributed by atoms with Crippen LogP contribution in [0, 0.1) is 16.7 Å². The number of amides is 1. The van der Waals surface area contributed by atoms with Crippen LogP contribution in [0.4, 0.5) is 13.2 Å². The van der Waals surface area contributed by atoms with E-state index in [0.29, 0.717) is 42.1 Å². The maximum absolute atomic E-state index is 15.7. The van der Waals surface area contributed by atoms with E-state index >= 15 is 18.0 Å². The highest BCUT2D eigenvalue weighted by molar-refractivity contribution is 6.73. The van der Waals surface area contributed by atoms with Gasteiger partial charge in [-0.1, -0.05) is 84.5 Å². The van der Waals surface area contributed by atoms with Crippen LogP contribution in [0.5, 0.6) is 0 Å². The van der Waals surface area contributed by atoms with Gasteiger partial charge in [-0.3, -0.25) is 9.59 Å². The molecule has 1 amide bonds. The van der Waals surface area contributed by atoms with Gasteiger partial charge in [0.1, 0.15) is 30.0 Å². The Labute approximate surface area is 391 Å². The molecule has 2 saturated heterocycles. The van der Waals surface area contributed by atoms with Crippen molar-refractivity contribution in [3.05, 3.63) is 95.6 Å². The van der Waals surface area contributed by atoms with Crippen LogP contribution in [-0.4, -0.2) is 110 Å². The van der Waals surface area contributed by atoms with E-state index in [2.05, 4.69) is 11.9 Å². The summed E-state index contributed by atoms with van der Waals surface area (Å²) in [5, 5.41) is 16.1. The van der Waals surface area contributed by atoms with Gasteiger partial charge in [0.2, 0.25) is 0 Å². The average molecular weight is 956 g/mol. The Morgan fingerprint density at radius 3 is 2.07 bits per heavy atom. The maximum atomic E-state index is 15.7.